The summed E-state index contributed by atoms with van der Waals surface area (Å²) in [6, 6.07) is 14.3. The van der Waals surface area contributed by atoms with Crippen molar-refractivity contribution >= 4 is 11.8 Å². The van der Waals surface area contributed by atoms with Crippen LogP contribution in [-0.2, 0) is 16.0 Å². The van der Waals surface area contributed by atoms with E-state index in [1.165, 1.54) is 13.0 Å². The zero-order valence-corrected chi connectivity index (χ0v) is 15.8. The molecule has 1 heterocycles. The highest BCUT2D eigenvalue weighted by atomic mass is 19.1. The second-order valence-corrected chi connectivity index (χ2v) is 7.14. The van der Waals surface area contributed by atoms with E-state index in [-0.39, 0.29) is 17.6 Å². The van der Waals surface area contributed by atoms with Gasteiger partial charge in [0.25, 0.3) is 0 Å². The topological polar surface area (TPSA) is 49.4 Å². The number of hydrogen-bond donors (Lipinski definition) is 1. The van der Waals surface area contributed by atoms with Gasteiger partial charge in [-0.15, -0.1) is 0 Å². The van der Waals surface area contributed by atoms with Crippen molar-refractivity contribution in [2.24, 2.45) is 5.41 Å². The molecule has 0 saturated carbocycles. The maximum Gasteiger partial charge on any atom is 0.228 e. The van der Waals surface area contributed by atoms with Gasteiger partial charge in [0, 0.05) is 32.1 Å². The molecule has 1 atom stereocenters. The number of rotatable bonds is 5. The fourth-order valence-corrected chi connectivity index (χ4v) is 3.88. The third kappa shape index (κ3) is 3.87. The van der Waals surface area contributed by atoms with Gasteiger partial charge in [-0.1, -0.05) is 42.5 Å². The molecule has 1 aliphatic heterocycles. The standard InChI is InChI=1S/C22H25FN2O2/c1-3-24-21(27)22(12-13-25(15-22)16(2)26)14-17-8-4-5-9-18(17)19-10-6-7-11-20(19)23/h4-11H,3,12-15H2,1-2H3,(H,24,27)/t22-/m1/s1. The smallest absolute Gasteiger partial charge is 0.228 e. The summed E-state index contributed by atoms with van der Waals surface area (Å²) in [4.78, 5) is 26.5. The van der Waals surface area contributed by atoms with E-state index in [1.54, 1.807) is 17.0 Å². The first-order valence-electron chi connectivity index (χ1n) is 9.33. The Hall–Kier alpha value is -2.69. The number of hydrogen-bond acceptors (Lipinski definition) is 2. The van der Waals surface area contributed by atoms with E-state index in [9.17, 15) is 14.0 Å². The minimum atomic E-state index is -0.691. The first-order chi connectivity index (χ1) is 13.0. The number of amides is 2. The Kier molecular flexibility index (Phi) is 5.59. The average molecular weight is 368 g/mol. The van der Waals surface area contributed by atoms with Crippen molar-refractivity contribution < 1.29 is 14.0 Å². The summed E-state index contributed by atoms with van der Waals surface area (Å²) in [7, 11) is 0. The fourth-order valence-electron chi connectivity index (χ4n) is 3.88. The van der Waals surface area contributed by atoms with Crippen molar-refractivity contribution in [2.75, 3.05) is 19.6 Å². The first kappa shape index (κ1) is 19.1. The van der Waals surface area contributed by atoms with Crippen molar-refractivity contribution in [3.8, 4) is 11.1 Å². The molecule has 2 aromatic rings. The van der Waals surface area contributed by atoms with Crippen LogP contribution in [0, 0.1) is 11.2 Å². The van der Waals surface area contributed by atoms with E-state index in [1.807, 2.05) is 37.3 Å². The fraction of sp³-hybridized carbons (Fsp3) is 0.364. The van der Waals surface area contributed by atoms with Crippen molar-refractivity contribution in [3.63, 3.8) is 0 Å². The highest BCUT2D eigenvalue weighted by Gasteiger charge is 2.45. The zero-order valence-electron chi connectivity index (χ0n) is 15.8. The van der Waals surface area contributed by atoms with Crippen molar-refractivity contribution in [1.29, 1.82) is 0 Å². The van der Waals surface area contributed by atoms with Gasteiger partial charge in [-0.2, -0.15) is 0 Å². The van der Waals surface area contributed by atoms with Gasteiger partial charge in [0.15, 0.2) is 0 Å². The van der Waals surface area contributed by atoms with Gasteiger partial charge in [-0.3, -0.25) is 9.59 Å². The summed E-state index contributed by atoms with van der Waals surface area (Å²) < 4.78 is 14.4. The Morgan fingerprint density at radius 2 is 1.78 bits per heavy atom. The van der Waals surface area contributed by atoms with Gasteiger partial charge in [0.1, 0.15) is 5.82 Å². The Balaban J connectivity index is 2.00. The normalized spacial score (nSPS) is 19.1. The van der Waals surface area contributed by atoms with Crippen molar-refractivity contribution in [1.82, 2.24) is 10.2 Å². The number of carbonyl (C=O) groups excluding carboxylic acids is 2. The largest absolute Gasteiger partial charge is 0.356 e. The molecule has 142 valence electrons. The molecule has 2 aromatic carbocycles. The Morgan fingerprint density at radius 3 is 2.41 bits per heavy atom. The number of halogens is 1. The molecule has 0 spiro atoms. The summed E-state index contributed by atoms with van der Waals surface area (Å²) in [5.41, 5.74) is 1.55. The number of likely N-dealkylation sites (tertiary alicyclic amines) is 1. The first-order valence-corrected chi connectivity index (χ1v) is 9.33. The van der Waals surface area contributed by atoms with Crippen LogP contribution in [0.5, 0.6) is 0 Å². The van der Waals surface area contributed by atoms with Gasteiger partial charge in [0.05, 0.1) is 5.41 Å². The zero-order chi connectivity index (χ0) is 19.4. The molecule has 1 N–H and O–H groups in total. The lowest BCUT2D eigenvalue weighted by atomic mass is 9.78. The van der Waals surface area contributed by atoms with Crippen LogP contribution in [0.3, 0.4) is 0 Å². The molecule has 0 bridgehead atoms. The summed E-state index contributed by atoms with van der Waals surface area (Å²) in [5.74, 6) is -0.352. The SMILES string of the molecule is CCNC(=O)[C@@]1(Cc2ccccc2-c2ccccc2F)CCN(C(C)=O)C1. The maximum absolute atomic E-state index is 14.4. The second kappa shape index (κ2) is 7.91. The second-order valence-electron chi connectivity index (χ2n) is 7.14. The van der Waals surface area contributed by atoms with Crippen LogP contribution in [0.1, 0.15) is 25.8 Å². The van der Waals surface area contributed by atoms with E-state index >= 15 is 0 Å². The molecule has 4 nitrogen and oxygen atoms in total. The molecule has 2 amide bonds. The molecule has 3 rings (SSSR count). The molecule has 0 aliphatic carbocycles. The van der Waals surface area contributed by atoms with Gasteiger partial charge in [-0.05, 0) is 37.0 Å². The molecule has 0 aromatic heterocycles. The van der Waals surface area contributed by atoms with Crippen LogP contribution >= 0.6 is 0 Å². The van der Waals surface area contributed by atoms with Gasteiger partial charge in [-0.25, -0.2) is 4.39 Å². The molecular formula is C22H25FN2O2. The lowest BCUT2D eigenvalue weighted by Crippen LogP contribution is -2.45. The molecule has 5 heteroatoms. The quantitative estimate of drug-likeness (QED) is 0.879. The summed E-state index contributed by atoms with van der Waals surface area (Å²) in [6.45, 7) is 4.90. The molecule has 1 aliphatic rings. The predicted octanol–water partition coefficient (Wildman–Crippen LogP) is 3.41. The van der Waals surface area contributed by atoms with Gasteiger partial charge >= 0.3 is 0 Å². The van der Waals surface area contributed by atoms with Crippen molar-refractivity contribution in [2.45, 2.75) is 26.7 Å². The maximum atomic E-state index is 14.4. The summed E-state index contributed by atoms with van der Waals surface area (Å²) in [6.07, 6.45) is 1.07. The van der Waals surface area contributed by atoms with Crippen LogP contribution in [-0.4, -0.2) is 36.3 Å². The average Bonchev–Trinajstić information content (AvgIpc) is 3.09. The third-order valence-electron chi connectivity index (χ3n) is 5.33. The summed E-state index contributed by atoms with van der Waals surface area (Å²) in [5, 5.41) is 2.93. The minimum Gasteiger partial charge on any atom is -0.356 e. The number of carbonyl (C=O) groups is 2. The molecular weight excluding hydrogens is 343 g/mol. The highest BCUT2D eigenvalue weighted by Crippen LogP contribution is 2.38. The Morgan fingerprint density at radius 1 is 1.11 bits per heavy atom. The van der Waals surface area contributed by atoms with E-state index in [4.69, 9.17) is 0 Å². The van der Waals surface area contributed by atoms with E-state index in [0.29, 0.717) is 38.0 Å². The van der Waals surface area contributed by atoms with Gasteiger partial charge in [0.2, 0.25) is 11.8 Å². The number of benzene rings is 2. The molecule has 0 unspecified atom stereocenters. The van der Waals surface area contributed by atoms with E-state index in [0.717, 1.165) is 11.1 Å². The predicted molar refractivity (Wildman–Crippen MR) is 104 cm³/mol. The van der Waals surface area contributed by atoms with Crippen LogP contribution in [0.25, 0.3) is 11.1 Å². The Bertz CT molecular complexity index is 852. The lowest BCUT2D eigenvalue weighted by Gasteiger charge is -2.29. The van der Waals surface area contributed by atoms with Crippen molar-refractivity contribution in [3.05, 3.63) is 59.9 Å². The third-order valence-corrected chi connectivity index (χ3v) is 5.33. The lowest BCUT2D eigenvalue weighted by molar-refractivity contribution is -0.132. The number of nitrogens with one attached hydrogen (secondary N) is 1. The van der Waals surface area contributed by atoms with Crippen LogP contribution in [0.2, 0.25) is 0 Å². The minimum absolute atomic E-state index is 0.0245. The Labute approximate surface area is 159 Å². The molecule has 0 radical (unpaired) electrons. The van der Waals surface area contributed by atoms with Crippen LogP contribution < -0.4 is 5.32 Å². The molecule has 27 heavy (non-hydrogen) atoms. The van der Waals surface area contributed by atoms with Crippen LogP contribution in [0.4, 0.5) is 4.39 Å². The summed E-state index contributed by atoms with van der Waals surface area (Å²) >= 11 is 0. The monoisotopic (exact) mass is 368 g/mol. The molecule has 1 saturated heterocycles. The van der Waals surface area contributed by atoms with Crippen LogP contribution in [0.15, 0.2) is 48.5 Å². The molecule has 1 fully saturated rings. The van der Waals surface area contributed by atoms with E-state index < -0.39 is 5.41 Å². The van der Waals surface area contributed by atoms with Gasteiger partial charge < -0.3 is 10.2 Å². The highest BCUT2D eigenvalue weighted by molar-refractivity contribution is 5.85. The number of nitrogens with zero attached hydrogens (tertiary/aromatic N) is 1. The van der Waals surface area contributed by atoms with E-state index in [2.05, 4.69) is 5.32 Å².